The highest BCUT2D eigenvalue weighted by molar-refractivity contribution is 8.01. The molecule has 0 aliphatic carbocycles. The van der Waals surface area contributed by atoms with E-state index in [4.69, 9.17) is 0 Å². The summed E-state index contributed by atoms with van der Waals surface area (Å²) < 4.78 is 0. The van der Waals surface area contributed by atoms with E-state index in [1.807, 2.05) is 78.9 Å². The van der Waals surface area contributed by atoms with Crippen LogP contribution in [-0.4, -0.2) is 17.1 Å². The van der Waals surface area contributed by atoms with Crippen molar-refractivity contribution in [2.45, 2.75) is 16.6 Å². The Morgan fingerprint density at radius 3 is 2.33 bits per heavy atom. The molecule has 0 aromatic heterocycles. The molecule has 0 unspecified atom stereocenters. The molecule has 1 heterocycles. The quantitative estimate of drug-likeness (QED) is 0.690. The Hall–Kier alpha value is -3.05. The van der Waals surface area contributed by atoms with Gasteiger partial charge in [0, 0.05) is 17.0 Å². The van der Waals surface area contributed by atoms with Gasteiger partial charge in [0.1, 0.15) is 0 Å². The van der Waals surface area contributed by atoms with Crippen LogP contribution in [0.2, 0.25) is 0 Å². The van der Waals surface area contributed by atoms with Crippen LogP contribution in [0, 0.1) is 0 Å². The third kappa shape index (κ3) is 4.04. The fraction of sp³-hybridized carbons (Fsp3) is 0.0909. The number of hydrogen-bond donors (Lipinski definition) is 2. The molecule has 0 saturated carbocycles. The summed E-state index contributed by atoms with van der Waals surface area (Å²) in [6, 6.07) is 25.4. The highest BCUT2D eigenvalue weighted by Crippen LogP contribution is 2.36. The van der Waals surface area contributed by atoms with E-state index >= 15 is 0 Å². The predicted octanol–water partition coefficient (Wildman–Crippen LogP) is 4.80. The molecular weight excluding hydrogens is 356 g/mol. The fourth-order valence-electron chi connectivity index (χ4n) is 2.98. The van der Waals surface area contributed by atoms with Crippen molar-refractivity contribution in [3.8, 4) is 11.1 Å². The van der Waals surface area contributed by atoms with Crippen LogP contribution < -0.4 is 10.6 Å². The Bertz CT molecular complexity index is 971. The van der Waals surface area contributed by atoms with E-state index in [0.717, 1.165) is 27.4 Å². The molecule has 4 rings (SSSR count). The lowest BCUT2D eigenvalue weighted by atomic mass is 10.1. The van der Waals surface area contributed by atoms with Crippen molar-refractivity contribution in [3.05, 3.63) is 78.9 Å². The van der Waals surface area contributed by atoms with E-state index in [0.29, 0.717) is 0 Å². The lowest BCUT2D eigenvalue weighted by Gasteiger charge is -2.23. The molecule has 2 amide bonds. The van der Waals surface area contributed by atoms with E-state index in [2.05, 4.69) is 10.6 Å². The maximum absolute atomic E-state index is 12.4. The molecule has 1 atom stereocenters. The van der Waals surface area contributed by atoms with E-state index < -0.39 is 5.25 Å². The van der Waals surface area contributed by atoms with Crippen LogP contribution in [-0.2, 0) is 9.59 Å². The molecule has 5 heteroatoms. The van der Waals surface area contributed by atoms with Crippen LogP contribution in [0.5, 0.6) is 0 Å². The molecule has 0 radical (unpaired) electrons. The zero-order valence-corrected chi connectivity index (χ0v) is 15.3. The number of benzene rings is 3. The average molecular weight is 374 g/mol. The first kappa shape index (κ1) is 17.4. The Labute approximate surface area is 162 Å². The third-order valence-electron chi connectivity index (χ3n) is 4.35. The summed E-state index contributed by atoms with van der Waals surface area (Å²) >= 11 is 1.43. The van der Waals surface area contributed by atoms with Gasteiger partial charge in [0.05, 0.1) is 10.9 Å². The zero-order chi connectivity index (χ0) is 18.6. The molecular formula is C22H18N2O2S. The number of carbonyl (C=O) groups excluding carboxylic acids is 2. The minimum Gasteiger partial charge on any atom is -0.326 e. The highest BCUT2D eigenvalue weighted by atomic mass is 32.2. The highest BCUT2D eigenvalue weighted by Gasteiger charge is 2.28. The molecule has 0 bridgehead atoms. The maximum atomic E-state index is 12.4. The van der Waals surface area contributed by atoms with Gasteiger partial charge in [0.15, 0.2) is 0 Å². The molecule has 3 aromatic rings. The summed E-state index contributed by atoms with van der Waals surface area (Å²) in [4.78, 5) is 25.6. The molecule has 134 valence electrons. The van der Waals surface area contributed by atoms with Crippen LogP contribution >= 0.6 is 11.8 Å². The van der Waals surface area contributed by atoms with Crippen molar-refractivity contribution >= 4 is 35.0 Å². The Morgan fingerprint density at radius 2 is 1.56 bits per heavy atom. The summed E-state index contributed by atoms with van der Waals surface area (Å²) in [6.07, 6.45) is 0.130. The first-order valence-corrected chi connectivity index (χ1v) is 9.59. The molecule has 0 fully saturated rings. The summed E-state index contributed by atoms with van der Waals surface area (Å²) in [6.45, 7) is 0. The summed E-state index contributed by atoms with van der Waals surface area (Å²) in [5.41, 5.74) is 3.75. The lowest BCUT2D eigenvalue weighted by Crippen LogP contribution is -2.32. The van der Waals surface area contributed by atoms with Crippen molar-refractivity contribution in [1.82, 2.24) is 0 Å². The first-order chi connectivity index (χ1) is 13.2. The van der Waals surface area contributed by atoms with E-state index in [1.165, 1.54) is 11.8 Å². The van der Waals surface area contributed by atoms with Gasteiger partial charge in [0.2, 0.25) is 11.8 Å². The van der Waals surface area contributed by atoms with Gasteiger partial charge in [-0.1, -0.05) is 54.6 Å². The van der Waals surface area contributed by atoms with Crippen molar-refractivity contribution in [2.75, 3.05) is 10.6 Å². The van der Waals surface area contributed by atoms with Crippen molar-refractivity contribution in [1.29, 1.82) is 0 Å². The maximum Gasteiger partial charge on any atom is 0.238 e. The second-order valence-electron chi connectivity index (χ2n) is 6.29. The van der Waals surface area contributed by atoms with Gasteiger partial charge in [-0.2, -0.15) is 0 Å². The molecule has 0 spiro atoms. The number of anilines is 2. The standard InChI is InChI=1S/C22H18N2O2S/c25-21(14-20-22(26)24-18-8-4-5-9-19(18)27-20)23-17-12-10-16(11-13-17)15-6-2-1-3-7-15/h1-13,20H,14H2,(H,23,25)(H,24,26)/t20-/m0/s1. The normalized spacial score (nSPS) is 15.6. The number of thioether (sulfide) groups is 1. The SMILES string of the molecule is O=C(C[C@@H]1Sc2ccccc2NC1=O)Nc1ccc(-c2ccccc2)cc1. The fourth-order valence-corrected chi connectivity index (χ4v) is 4.09. The minimum atomic E-state index is -0.427. The summed E-state index contributed by atoms with van der Waals surface area (Å²) in [7, 11) is 0. The molecule has 2 N–H and O–H groups in total. The lowest BCUT2D eigenvalue weighted by molar-refractivity contribution is -0.120. The van der Waals surface area contributed by atoms with Gasteiger partial charge < -0.3 is 10.6 Å². The topological polar surface area (TPSA) is 58.2 Å². The van der Waals surface area contributed by atoms with E-state index in [-0.39, 0.29) is 18.2 Å². The van der Waals surface area contributed by atoms with Crippen LogP contribution in [0.3, 0.4) is 0 Å². The molecule has 4 nitrogen and oxygen atoms in total. The monoisotopic (exact) mass is 374 g/mol. The van der Waals surface area contributed by atoms with Crippen LogP contribution in [0.4, 0.5) is 11.4 Å². The molecule has 27 heavy (non-hydrogen) atoms. The number of fused-ring (bicyclic) bond motifs is 1. The molecule has 1 aliphatic rings. The van der Waals surface area contributed by atoms with Gasteiger partial charge in [-0.25, -0.2) is 0 Å². The van der Waals surface area contributed by atoms with Gasteiger partial charge in [-0.3, -0.25) is 9.59 Å². The van der Waals surface area contributed by atoms with Crippen molar-refractivity contribution in [3.63, 3.8) is 0 Å². The third-order valence-corrected chi connectivity index (χ3v) is 5.63. The van der Waals surface area contributed by atoms with Crippen molar-refractivity contribution < 1.29 is 9.59 Å². The smallest absolute Gasteiger partial charge is 0.238 e. The van der Waals surface area contributed by atoms with Crippen LogP contribution in [0.15, 0.2) is 83.8 Å². The van der Waals surface area contributed by atoms with Gasteiger partial charge in [0.25, 0.3) is 0 Å². The van der Waals surface area contributed by atoms with E-state index in [1.54, 1.807) is 0 Å². The second kappa shape index (κ2) is 7.68. The van der Waals surface area contributed by atoms with Crippen molar-refractivity contribution in [2.24, 2.45) is 0 Å². The Morgan fingerprint density at radius 1 is 0.889 bits per heavy atom. The van der Waals surface area contributed by atoms with Crippen LogP contribution in [0.25, 0.3) is 11.1 Å². The number of para-hydroxylation sites is 1. The number of amides is 2. The largest absolute Gasteiger partial charge is 0.326 e. The van der Waals surface area contributed by atoms with Gasteiger partial charge in [-0.15, -0.1) is 11.8 Å². The Kier molecular flexibility index (Phi) is 4.94. The van der Waals surface area contributed by atoms with Gasteiger partial charge >= 0.3 is 0 Å². The zero-order valence-electron chi connectivity index (χ0n) is 14.5. The number of hydrogen-bond acceptors (Lipinski definition) is 3. The number of rotatable bonds is 4. The first-order valence-electron chi connectivity index (χ1n) is 8.71. The second-order valence-corrected chi connectivity index (χ2v) is 7.53. The average Bonchev–Trinajstić information content (AvgIpc) is 2.70. The number of nitrogens with one attached hydrogen (secondary N) is 2. The predicted molar refractivity (Wildman–Crippen MR) is 110 cm³/mol. The van der Waals surface area contributed by atoms with E-state index in [9.17, 15) is 9.59 Å². The van der Waals surface area contributed by atoms with Crippen LogP contribution in [0.1, 0.15) is 6.42 Å². The number of carbonyl (C=O) groups is 2. The molecule has 1 aliphatic heterocycles. The molecule has 3 aromatic carbocycles. The Balaban J connectivity index is 1.39. The van der Waals surface area contributed by atoms with Gasteiger partial charge in [-0.05, 0) is 35.4 Å². The summed E-state index contributed by atoms with van der Waals surface area (Å²) in [5.74, 6) is -0.303. The molecule has 0 saturated heterocycles. The minimum absolute atomic E-state index is 0.130. The summed E-state index contributed by atoms with van der Waals surface area (Å²) in [5, 5.41) is 5.32.